The summed E-state index contributed by atoms with van der Waals surface area (Å²) in [5.74, 6) is -1.36. The Morgan fingerprint density at radius 3 is 2.55 bits per heavy atom. The first kappa shape index (κ1) is 16.4. The van der Waals surface area contributed by atoms with E-state index in [0.29, 0.717) is 18.5 Å². The second-order valence-electron chi connectivity index (χ2n) is 5.22. The largest absolute Gasteiger partial charge is 0.478 e. The maximum Gasteiger partial charge on any atom is 0.335 e. The SMILES string of the molecule is Cc1cc(C(=O)O)cc(C(=O)NCCN2CCCS2(=O)=O)c1. The summed E-state index contributed by atoms with van der Waals surface area (Å²) in [7, 11) is -3.17. The van der Waals surface area contributed by atoms with Crippen LogP contribution >= 0.6 is 0 Å². The molecule has 7 nitrogen and oxygen atoms in total. The summed E-state index contributed by atoms with van der Waals surface area (Å²) in [6, 6.07) is 4.38. The smallest absolute Gasteiger partial charge is 0.335 e. The standard InChI is InChI=1S/C14H18N2O5S/c1-10-7-11(9-12(8-10)14(18)19)13(17)15-3-5-16-4-2-6-22(16,20)21/h7-9H,2-6H2,1H3,(H,15,17)(H,18,19). The highest BCUT2D eigenvalue weighted by Crippen LogP contribution is 2.12. The zero-order valence-electron chi connectivity index (χ0n) is 12.2. The predicted molar refractivity (Wildman–Crippen MR) is 80.4 cm³/mol. The Morgan fingerprint density at radius 2 is 1.95 bits per heavy atom. The summed E-state index contributed by atoms with van der Waals surface area (Å²) in [5, 5.41) is 11.6. The van der Waals surface area contributed by atoms with Gasteiger partial charge in [-0.3, -0.25) is 4.79 Å². The van der Waals surface area contributed by atoms with E-state index in [1.54, 1.807) is 13.0 Å². The molecule has 1 fully saturated rings. The van der Waals surface area contributed by atoms with E-state index in [0.717, 1.165) is 0 Å². The molecule has 8 heteroatoms. The van der Waals surface area contributed by atoms with E-state index in [-0.39, 0.29) is 30.0 Å². The molecule has 1 aliphatic heterocycles. The van der Waals surface area contributed by atoms with Gasteiger partial charge in [0.25, 0.3) is 5.91 Å². The van der Waals surface area contributed by atoms with Crippen LogP contribution in [-0.4, -0.2) is 55.1 Å². The number of amides is 1. The second-order valence-corrected chi connectivity index (χ2v) is 7.31. The minimum Gasteiger partial charge on any atom is -0.478 e. The molecule has 120 valence electrons. The quantitative estimate of drug-likeness (QED) is 0.818. The van der Waals surface area contributed by atoms with E-state index in [1.807, 2.05) is 0 Å². The number of hydrogen-bond donors (Lipinski definition) is 2. The average Bonchev–Trinajstić information content (AvgIpc) is 2.77. The summed E-state index contributed by atoms with van der Waals surface area (Å²) < 4.78 is 24.6. The third-order valence-electron chi connectivity index (χ3n) is 3.44. The Balaban J connectivity index is 1.97. The van der Waals surface area contributed by atoms with Crippen molar-refractivity contribution in [2.75, 3.05) is 25.4 Å². The number of carbonyl (C=O) groups is 2. The molecule has 0 unspecified atom stereocenters. The Bertz CT molecular complexity index is 699. The molecular formula is C14H18N2O5S. The van der Waals surface area contributed by atoms with Gasteiger partial charge in [0.1, 0.15) is 0 Å². The Labute approximate surface area is 129 Å². The molecule has 0 radical (unpaired) electrons. The van der Waals surface area contributed by atoms with Crippen LogP contribution in [0.25, 0.3) is 0 Å². The van der Waals surface area contributed by atoms with E-state index in [1.165, 1.54) is 16.4 Å². The highest BCUT2D eigenvalue weighted by atomic mass is 32.2. The van der Waals surface area contributed by atoms with Crippen LogP contribution < -0.4 is 5.32 Å². The van der Waals surface area contributed by atoms with Gasteiger partial charge in [0, 0.05) is 25.2 Å². The Kier molecular flexibility index (Phi) is 4.82. The lowest BCUT2D eigenvalue weighted by Gasteiger charge is -2.14. The van der Waals surface area contributed by atoms with Crippen molar-refractivity contribution in [3.8, 4) is 0 Å². The fourth-order valence-electron chi connectivity index (χ4n) is 2.38. The fourth-order valence-corrected chi connectivity index (χ4v) is 3.91. The van der Waals surface area contributed by atoms with Crippen molar-refractivity contribution < 1.29 is 23.1 Å². The van der Waals surface area contributed by atoms with Crippen molar-refractivity contribution in [3.63, 3.8) is 0 Å². The van der Waals surface area contributed by atoms with Crippen LogP contribution in [0, 0.1) is 6.92 Å². The molecular weight excluding hydrogens is 308 g/mol. The van der Waals surface area contributed by atoms with Gasteiger partial charge in [-0.15, -0.1) is 0 Å². The Hall–Kier alpha value is -1.93. The molecule has 2 N–H and O–H groups in total. The number of carboxylic acids is 1. The number of benzene rings is 1. The molecule has 2 rings (SSSR count). The molecule has 1 aromatic rings. The van der Waals surface area contributed by atoms with Crippen LogP contribution in [0.2, 0.25) is 0 Å². The zero-order chi connectivity index (χ0) is 16.3. The van der Waals surface area contributed by atoms with Gasteiger partial charge in [-0.1, -0.05) is 0 Å². The van der Waals surface area contributed by atoms with Crippen molar-refractivity contribution in [2.24, 2.45) is 0 Å². The molecule has 1 heterocycles. The first-order valence-electron chi connectivity index (χ1n) is 6.90. The van der Waals surface area contributed by atoms with Gasteiger partial charge in [-0.25, -0.2) is 17.5 Å². The highest BCUT2D eigenvalue weighted by molar-refractivity contribution is 7.89. The minimum absolute atomic E-state index is 0.0484. The number of carboxylic acid groups (broad SMARTS) is 1. The molecule has 0 spiro atoms. The lowest BCUT2D eigenvalue weighted by Crippen LogP contribution is -2.35. The Morgan fingerprint density at radius 1 is 1.27 bits per heavy atom. The number of aryl methyl sites for hydroxylation is 1. The van der Waals surface area contributed by atoms with E-state index in [9.17, 15) is 18.0 Å². The van der Waals surface area contributed by atoms with Gasteiger partial charge >= 0.3 is 5.97 Å². The lowest BCUT2D eigenvalue weighted by molar-refractivity contribution is 0.0696. The number of aromatic carboxylic acids is 1. The van der Waals surface area contributed by atoms with Crippen molar-refractivity contribution in [3.05, 3.63) is 34.9 Å². The molecule has 1 aliphatic rings. The third kappa shape index (κ3) is 3.83. The summed E-state index contributed by atoms with van der Waals surface area (Å²) in [4.78, 5) is 23.0. The molecule has 0 saturated carbocycles. The first-order valence-corrected chi connectivity index (χ1v) is 8.51. The summed E-state index contributed by atoms with van der Waals surface area (Å²) in [5.41, 5.74) is 0.973. The number of hydrogen-bond acceptors (Lipinski definition) is 4. The van der Waals surface area contributed by atoms with Gasteiger partial charge in [-0.05, 0) is 37.1 Å². The van der Waals surface area contributed by atoms with Crippen molar-refractivity contribution in [1.82, 2.24) is 9.62 Å². The van der Waals surface area contributed by atoms with Gasteiger partial charge in [0.2, 0.25) is 10.0 Å². The van der Waals surface area contributed by atoms with E-state index < -0.39 is 21.9 Å². The van der Waals surface area contributed by atoms with E-state index in [4.69, 9.17) is 5.11 Å². The maximum absolute atomic E-state index is 12.0. The van der Waals surface area contributed by atoms with Crippen molar-refractivity contribution in [1.29, 1.82) is 0 Å². The number of carbonyl (C=O) groups excluding carboxylic acids is 1. The van der Waals surface area contributed by atoms with Crippen molar-refractivity contribution >= 4 is 21.9 Å². The van der Waals surface area contributed by atoms with Crippen LogP contribution in [0.5, 0.6) is 0 Å². The van der Waals surface area contributed by atoms with Crippen LogP contribution in [0.4, 0.5) is 0 Å². The molecule has 0 aromatic heterocycles. The van der Waals surface area contributed by atoms with Crippen LogP contribution in [0.15, 0.2) is 18.2 Å². The van der Waals surface area contributed by atoms with Gasteiger partial charge < -0.3 is 10.4 Å². The zero-order valence-corrected chi connectivity index (χ0v) is 13.0. The summed E-state index contributed by atoms with van der Waals surface area (Å²) in [6.45, 7) is 2.60. The van der Waals surface area contributed by atoms with Crippen LogP contribution in [-0.2, 0) is 10.0 Å². The second kappa shape index (κ2) is 6.45. The molecule has 22 heavy (non-hydrogen) atoms. The minimum atomic E-state index is -3.17. The molecule has 0 atom stereocenters. The lowest BCUT2D eigenvalue weighted by atomic mass is 10.1. The number of sulfonamides is 1. The summed E-state index contributed by atoms with van der Waals surface area (Å²) in [6.07, 6.45) is 0.607. The number of rotatable bonds is 5. The van der Waals surface area contributed by atoms with Crippen LogP contribution in [0.3, 0.4) is 0 Å². The monoisotopic (exact) mass is 326 g/mol. The van der Waals surface area contributed by atoms with Gasteiger partial charge in [0.05, 0.1) is 11.3 Å². The average molecular weight is 326 g/mol. The van der Waals surface area contributed by atoms with Gasteiger partial charge in [-0.2, -0.15) is 0 Å². The van der Waals surface area contributed by atoms with E-state index >= 15 is 0 Å². The molecule has 1 amide bonds. The van der Waals surface area contributed by atoms with Gasteiger partial charge in [0.15, 0.2) is 0 Å². The molecule has 1 saturated heterocycles. The van der Waals surface area contributed by atoms with Crippen LogP contribution in [0.1, 0.15) is 32.7 Å². The predicted octanol–water partition coefficient (Wildman–Crippen LogP) is 0.459. The third-order valence-corrected chi connectivity index (χ3v) is 5.39. The van der Waals surface area contributed by atoms with Crippen molar-refractivity contribution in [2.45, 2.75) is 13.3 Å². The fraction of sp³-hybridized carbons (Fsp3) is 0.429. The highest BCUT2D eigenvalue weighted by Gasteiger charge is 2.27. The normalized spacial score (nSPS) is 17.3. The molecule has 1 aromatic carbocycles. The summed E-state index contributed by atoms with van der Waals surface area (Å²) >= 11 is 0. The molecule has 0 aliphatic carbocycles. The first-order chi connectivity index (χ1) is 10.3. The number of nitrogens with zero attached hydrogens (tertiary/aromatic N) is 1. The topological polar surface area (TPSA) is 104 Å². The molecule has 0 bridgehead atoms. The van der Waals surface area contributed by atoms with E-state index in [2.05, 4.69) is 5.32 Å². The maximum atomic E-state index is 12.0. The number of nitrogens with one attached hydrogen (secondary N) is 1.